The van der Waals surface area contributed by atoms with Crippen molar-refractivity contribution in [2.75, 3.05) is 20.2 Å². The molecule has 24 heavy (non-hydrogen) atoms. The lowest BCUT2D eigenvalue weighted by atomic mass is 10.1. The Morgan fingerprint density at radius 2 is 2.08 bits per heavy atom. The zero-order valence-corrected chi connectivity index (χ0v) is 15.4. The van der Waals surface area contributed by atoms with Crippen molar-refractivity contribution in [1.82, 2.24) is 15.6 Å². The van der Waals surface area contributed by atoms with Crippen LogP contribution in [0.25, 0.3) is 0 Å². The number of ether oxygens (including phenoxy) is 1. The van der Waals surface area contributed by atoms with E-state index in [1.54, 1.807) is 18.4 Å². The monoisotopic (exact) mass is 346 g/mol. The fourth-order valence-corrected chi connectivity index (χ4v) is 2.97. The van der Waals surface area contributed by atoms with Gasteiger partial charge in [-0.05, 0) is 25.8 Å². The predicted molar refractivity (Wildman–Crippen MR) is 100 cm³/mol. The van der Waals surface area contributed by atoms with Crippen LogP contribution in [-0.2, 0) is 11.3 Å². The summed E-state index contributed by atoms with van der Waals surface area (Å²) >= 11 is 1.70. The number of benzene rings is 1. The number of aryl methyl sites for hydroxylation is 1. The molecular weight excluding hydrogens is 320 g/mol. The average molecular weight is 347 g/mol. The molecule has 2 aromatic rings. The van der Waals surface area contributed by atoms with Gasteiger partial charge in [-0.25, -0.2) is 4.98 Å². The van der Waals surface area contributed by atoms with Crippen LogP contribution in [0.2, 0.25) is 0 Å². The second kappa shape index (κ2) is 10.1. The Bertz CT molecular complexity index is 627. The molecule has 0 aliphatic heterocycles. The van der Waals surface area contributed by atoms with Gasteiger partial charge in [0.1, 0.15) is 0 Å². The minimum absolute atomic E-state index is 0.123. The largest absolute Gasteiger partial charge is 0.374 e. The van der Waals surface area contributed by atoms with Crippen molar-refractivity contribution in [1.29, 1.82) is 0 Å². The van der Waals surface area contributed by atoms with Crippen molar-refractivity contribution < 1.29 is 4.74 Å². The Balaban J connectivity index is 1.60. The van der Waals surface area contributed by atoms with Crippen molar-refractivity contribution in [2.24, 2.45) is 4.99 Å². The number of aliphatic imine (C=N–C) groups is 1. The molecule has 2 rings (SSSR count). The maximum atomic E-state index is 5.87. The van der Waals surface area contributed by atoms with E-state index in [9.17, 15) is 0 Å². The number of nitrogens with one attached hydrogen (secondary N) is 2. The third kappa shape index (κ3) is 6.29. The summed E-state index contributed by atoms with van der Waals surface area (Å²) in [5.41, 5.74) is 1.21. The van der Waals surface area contributed by atoms with Gasteiger partial charge in [-0.3, -0.25) is 4.99 Å². The Labute approximate surface area is 148 Å². The van der Waals surface area contributed by atoms with E-state index in [-0.39, 0.29) is 6.10 Å². The fourth-order valence-electron chi connectivity index (χ4n) is 2.24. The van der Waals surface area contributed by atoms with Crippen molar-refractivity contribution in [3.05, 3.63) is 52.0 Å². The Hall–Kier alpha value is -1.92. The maximum Gasteiger partial charge on any atom is 0.191 e. The van der Waals surface area contributed by atoms with E-state index >= 15 is 0 Å². The van der Waals surface area contributed by atoms with E-state index < -0.39 is 0 Å². The molecule has 0 spiro atoms. The molecule has 1 atom stereocenters. The van der Waals surface area contributed by atoms with E-state index in [4.69, 9.17) is 4.74 Å². The molecule has 130 valence electrons. The molecule has 0 aliphatic carbocycles. The van der Waals surface area contributed by atoms with Gasteiger partial charge in [0.15, 0.2) is 5.96 Å². The summed E-state index contributed by atoms with van der Waals surface area (Å²) in [6.07, 6.45) is 2.95. The van der Waals surface area contributed by atoms with E-state index in [1.165, 1.54) is 10.4 Å². The first kappa shape index (κ1) is 18.4. The van der Waals surface area contributed by atoms with Crippen LogP contribution >= 0.6 is 11.3 Å². The van der Waals surface area contributed by atoms with Gasteiger partial charge in [-0.15, -0.1) is 11.3 Å². The van der Waals surface area contributed by atoms with Gasteiger partial charge >= 0.3 is 0 Å². The fraction of sp³-hybridized carbons (Fsp3) is 0.444. The van der Waals surface area contributed by atoms with E-state index in [2.05, 4.69) is 39.7 Å². The van der Waals surface area contributed by atoms with Crippen LogP contribution < -0.4 is 10.6 Å². The van der Waals surface area contributed by atoms with Gasteiger partial charge in [0.25, 0.3) is 0 Å². The standard InChI is InChI=1S/C18H26N4OS/c1-14(16-8-5-4-6-9-16)23-11-7-10-20-18(19-3)22-13-17-12-21-15(2)24-17/h4-6,8-9,12,14H,7,10-11,13H2,1-3H3,(H2,19,20,22). The average Bonchev–Trinajstić information content (AvgIpc) is 3.03. The molecule has 1 heterocycles. The van der Waals surface area contributed by atoms with E-state index in [0.29, 0.717) is 6.61 Å². The number of guanidine groups is 1. The first-order chi connectivity index (χ1) is 11.7. The number of rotatable bonds is 8. The molecule has 0 bridgehead atoms. The minimum atomic E-state index is 0.123. The van der Waals surface area contributed by atoms with Crippen molar-refractivity contribution in [3.8, 4) is 0 Å². The van der Waals surface area contributed by atoms with Crippen molar-refractivity contribution in [2.45, 2.75) is 32.9 Å². The number of hydrogen-bond acceptors (Lipinski definition) is 4. The highest BCUT2D eigenvalue weighted by atomic mass is 32.1. The number of aromatic nitrogens is 1. The maximum absolute atomic E-state index is 5.87. The van der Waals surface area contributed by atoms with Crippen LogP contribution in [0, 0.1) is 6.92 Å². The lowest BCUT2D eigenvalue weighted by Crippen LogP contribution is -2.37. The number of hydrogen-bond donors (Lipinski definition) is 2. The molecule has 1 aromatic carbocycles. The predicted octanol–water partition coefficient (Wildman–Crippen LogP) is 3.28. The third-order valence-corrected chi connectivity index (χ3v) is 4.49. The molecule has 5 nitrogen and oxygen atoms in total. The lowest BCUT2D eigenvalue weighted by Gasteiger charge is -2.14. The van der Waals surface area contributed by atoms with Gasteiger partial charge in [-0.1, -0.05) is 30.3 Å². The van der Waals surface area contributed by atoms with Gasteiger partial charge in [0.2, 0.25) is 0 Å². The van der Waals surface area contributed by atoms with Crippen LogP contribution in [0.4, 0.5) is 0 Å². The summed E-state index contributed by atoms with van der Waals surface area (Å²) in [5, 5.41) is 7.68. The zero-order valence-electron chi connectivity index (χ0n) is 14.6. The summed E-state index contributed by atoms with van der Waals surface area (Å²) in [6.45, 7) is 6.38. The highest BCUT2D eigenvalue weighted by molar-refractivity contribution is 7.11. The smallest absolute Gasteiger partial charge is 0.191 e. The first-order valence-electron chi connectivity index (χ1n) is 8.21. The molecule has 0 radical (unpaired) electrons. The van der Waals surface area contributed by atoms with Crippen LogP contribution in [0.5, 0.6) is 0 Å². The molecule has 0 aliphatic rings. The molecule has 0 saturated carbocycles. The summed E-state index contributed by atoms with van der Waals surface area (Å²) < 4.78 is 5.87. The topological polar surface area (TPSA) is 58.5 Å². The van der Waals surface area contributed by atoms with Gasteiger partial charge in [0.05, 0.1) is 17.7 Å². The number of thiazole rings is 1. The molecule has 0 fully saturated rings. The van der Waals surface area contributed by atoms with Crippen molar-refractivity contribution >= 4 is 17.3 Å². The molecule has 1 aromatic heterocycles. The molecular formula is C18H26N4OS. The van der Waals surface area contributed by atoms with Crippen LogP contribution in [0.3, 0.4) is 0 Å². The van der Waals surface area contributed by atoms with Crippen LogP contribution in [0.15, 0.2) is 41.5 Å². The summed E-state index contributed by atoms with van der Waals surface area (Å²) in [6, 6.07) is 10.3. The van der Waals surface area contributed by atoms with Crippen molar-refractivity contribution in [3.63, 3.8) is 0 Å². The Morgan fingerprint density at radius 1 is 1.29 bits per heavy atom. The second-order valence-corrected chi connectivity index (χ2v) is 6.79. The molecule has 0 saturated heterocycles. The summed E-state index contributed by atoms with van der Waals surface area (Å²) in [4.78, 5) is 9.68. The molecule has 0 amide bonds. The van der Waals surface area contributed by atoms with E-state index in [0.717, 1.165) is 30.5 Å². The van der Waals surface area contributed by atoms with Gasteiger partial charge in [-0.2, -0.15) is 0 Å². The highest BCUT2D eigenvalue weighted by Crippen LogP contribution is 2.15. The van der Waals surface area contributed by atoms with Gasteiger partial charge < -0.3 is 15.4 Å². The zero-order chi connectivity index (χ0) is 17.2. The first-order valence-corrected chi connectivity index (χ1v) is 9.03. The van der Waals surface area contributed by atoms with Crippen LogP contribution in [0.1, 0.15) is 34.9 Å². The van der Waals surface area contributed by atoms with Gasteiger partial charge in [0, 0.05) is 31.3 Å². The minimum Gasteiger partial charge on any atom is -0.374 e. The molecule has 1 unspecified atom stereocenters. The van der Waals surface area contributed by atoms with Crippen LogP contribution in [-0.4, -0.2) is 31.1 Å². The third-order valence-electron chi connectivity index (χ3n) is 3.57. The summed E-state index contributed by atoms with van der Waals surface area (Å²) in [5.74, 6) is 0.803. The SMILES string of the molecule is CN=C(NCCCOC(C)c1ccccc1)NCc1cnc(C)s1. The molecule has 2 N–H and O–H groups in total. The lowest BCUT2D eigenvalue weighted by molar-refractivity contribution is 0.0646. The molecule has 6 heteroatoms. The quantitative estimate of drug-likeness (QED) is 0.437. The normalized spacial score (nSPS) is 12.9. The Kier molecular flexibility index (Phi) is 7.71. The van der Waals surface area contributed by atoms with E-state index in [1.807, 2.05) is 31.3 Å². The number of nitrogens with zero attached hydrogens (tertiary/aromatic N) is 2. The Morgan fingerprint density at radius 3 is 2.75 bits per heavy atom. The summed E-state index contributed by atoms with van der Waals surface area (Å²) in [7, 11) is 1.78. The second-order valence-electron chi connectivity index (χ2n) is 5.48. The highest BCUT2D eigenvalue weighted by Gasteiger charge is 2.05.